The number of nitrogens with one attached hydrogen (secondary N) is 3. The van der Waals surface area contributed by atoms with Crippen LogP contribution in [-0.4, -0.2) is 48.7 Å². The second-order valence-electron chi connectivity index (χ2n) is 8.30. The molecule has 0 atom stereocenters. The maximum atomic E-state index is 4.66. The lowest BCUT2D eigenvalue weighted by atomic mass is 10.0. The van der Waals surface area contributed by atoms with Crippen LogP contribution in [0, 0.1) is 6.92 Å². The number of nitrogens with zero attached hydrogens (tertiary/aromatic N) is 3. The van der Waals surface area contributed by atoms with E-state index in [0.29, 0.717) is 6.04 Å². The Morgan fingerprint density at radius 2 is 1.94 bits per heavy atom. The summed E-state index contributed by atoms with van der Waals surface area (Å²) in [7, 11) is 1.85. The zero-order chi connectivity index (χ0) is 21.6. The summed E-state index contributed by atoms with van der Waals surface area (Å²) in [5.74, 6) is 1.98. The Balaban J connectivity index is 0.00000289. The Labute approximate surface area is 208 Å². The SMILES string of the molecule is CCc1cccc2c(CCNC(=NC)NC3CCN(c4cccc(C)n4)CC3)c[nH]c12.I. The molecular formula is C25H35IN6. The molecule has 3 N–H and O–H groups in total. The lowest BCUT2D eigenvalue weighted by molar-refractivity contribution is 0.459. The fraction of sp³-hybridized carbons (Fsp3) is 0.440. The number of aromatic amines is 1. The molecule has 4 rings (SSSR count). The molecule has 3 heterocycles. The number of guanidine groups is 1. The van der Waals surface area contributed by atoms with Gasteiger partial charge in [0.1, 0.15) is 5.82 Å². The van der Waals surface area contributed by atoms with Crippen LogP contribution in [0.2, 0.25) is 0 Å². The van der Waals surface area contributed by atoms with Crippen LogP contribution < -0.4 is 15.5 Å². The van der Waals surface area contributed by atoms with Gasteiger partial charge in [0.05, 0.1) is 0 Å². The molecule has 0 aliphatic carbocycles. The van der Waals surface area contributed by atoms with E-state index in [1.54, 1.807) is 0 Å². The van der Waals surface area contributed by atoms with Gasteiger partial charge in [0, 0.05) is 55.5 Å². The lowest BCUT2D eigenvalue weighted by Gasteiger charge is -2.34. The fourth-order valence-corrected chi connectivity index (χ4v) is 4.44. The summed E-state index contributed by atoms with van der Waals surface area (Å²) in [6, 6.07) is 13.3. The number of aromatic nitrogens is 2. The van der Waals surface area contributed by atoms with Gasteiger partial charge in [0.25, 0.3) is 0 Å². The minimum absolute atomic E-state index is 0. The van der Waals surface area contributed by atoms with Gasteiger partial charge in [-0.2, -0.15) is 0 Å². The van der Waals surface area contributed by atoms with Crippen LogP contribution in [-0.2, 0) is 12.8 Å². The molecule has 1 aromatic carbocycles. The van der Waals surface area contributed by atoms with Crippen LogP contribution in [0.3, 0.4) is 0 Å². The van der Waals surface area contributed by atoms with Crippen molar-refractivity contribution in [2.45, 2.75) is 45.6 Å². The highest BCUT2D eigenvalue weighted by Crippen LogP contribution is 2.22. The smallest absolute Gasteiger partial charge is 0.191 e. The van der Waals surface area contributed by atoms with E-state index in [0.717, 1.165) is 62.8 Å². The predicted octanol–water partition coefficient (Wildman–Crippen LogP) is 4.43. The Kier molecular flexibility index (Phi) is 8.78. The Hall–Kier alpha value is -2.29. The summed E-state index contributed by atoms with van der Waals surface area (Å²) in [5.41, 5.74) is 5.08. The largest absolute Gasteiger partial charge is 0.361 e. The van der Waals surface area contributed by atoms with Gasteiger partial charge >= 0.3 is 0 Å². The summed E-state index contributed by atoms with van der Waals surface area (Å²) >= 11 is 0. The topological polar surface area (TPSA) is 68.3 Å². The van der Waals surface area contributed by atoms with Crippen LogP contribution in [0.15, 0.2) is 47.6 Å². The first-order valence-corrected chi connectivity index (χ1v) is 11.4. The van der Waals surface area contributed by atoms with Crippen molar-refractivity contribution in [3.05, 3.63) is 59.4 Å². The van der Waals surface area contributed by atoms with Crippen LogP contribution in [0.25, 0.3) is 10.9 Å². The van der Waals surface area contributed by atoms with E-state index in [2.05, 4.69) is 73.9 Å². The van der Waals surface area contributed by atoms with E-state index in [-0.39, 0.29) is 24.0 Å². The molecule has 3 aromatic rings. The quantitative estimate of drug-likeness (QED) is 0.243. The number of halogens is 1. The average molecular weight is 547 g/mol. The summed E-state index contributed by atoms with van der Waals surface area (Å²) in [5, 5.41) is 8.44. The molecular weight excluding hydrogens is 511 g/mol. The highest BCUT2D eigenvalue weighted by molar-refractivity contribution is 14.0. The maximum Gasteiger partial charge on any atom is 0.191 e. The highest BCUT2D eigenvalue weighted by Gasteiger charge is 2.21. The van der Waals surface area contributed by atoms with E-state index in [1.807, 2.05) is 20.0 Å². The van der Waals surface area contributed by atoms with Gasteiger partial charge in [0.15, 0.2) is 5.96 Å². The molecule has 0 bridgehead atoms. The van der Waals surface area contributed by atoms with E-state index in [9.17, 15) is 0 Å². The summed E-state index contributed by atoms with van der Waals surface area (Å²) in [6.07, 6.45) is 6.32. The minimum Gasteiger partial charge on any atom is -0.361 e. The molecule has 7 heteroatoms. The summed E-state index contributed by atoms with van der Waals surface area (Å²) in [4.78, 5) is 14.9. The zero-order valence-corrected chi connectivity index (χ0v) is 21.6. The lowest BCUT2D eigenvalue weighted by Crippen LogP contribution is -2.49. The number of piperidine rings is 1. The van der Waals surface area contributed by atoms with Crippen molar-refractivity contribution in [1.29, 1.82) is 0 Å². The third-order valence-corrected chi connectivity index (χ3v) is 6.21. The standard InChI is InChI=1S/C25H34N6.HI/c1-4-19-8-6-9-22-20(17-28-24(19)22)11-14-27-25(26-3)30-21-12-15-31(16-13-21)23-10-5-7-18(2)29-23;/h5-10,17,21,28H,4,11-16H2,1-3H3,(H2,26,27,30);1H. The first-order valence-electron chi connectivity index (χ1n) is 11.4. The first kappa shape index (κ1) is 24.4. The van der Waals surface area contributed by atoms with Crippen LogP contribution in [0.5, 0.6) is 0 Å². The zero-order valence-electron chi connectivity index (χ0n) is 19.3. The number of H-pyrrole nitrogens is 1. The molecule has 32 heavy (non-hydrogen) atoms. The second-order valence-corrected chi connectivity index (χ2v) is 8.30. The van der Waals surface area contributed by atoms with Crippen molar-refractivity contribution in [3.63, 3.8) is 0 Å². The number of benzene rings is 1. The van der Waals surface area contributed by atoms with Crippen LogP contribution in [0.1, 0.15) is 36.6 Å². The Morgan fingerprint density at radius 3 is 2.66 bits per heavy atom. The molecule has 0 unspecified atom stereocenters. The summed E-state index contributed by atoms with van der Waals surface area (Å²) < 4.78 is 0. The first-order chi connectivity index (χ1) is 15.2. The monoisotopic (exact) mass is 546 g/mol. The number of rotatable bonds is 6. The van der Waals surface area contributed by atoms with Crippen LogP contribution >= 0.6 is 24.0 Å². The number of anilines is 1. The molecule has 6 nitrogen and oxygen atoms in total. The molecule has 1 saturated heterocycles. The maximum absolute atomic E-state index is 4.66. The molecule has 0 amide bonds. The van der Waals surface area contributed by atoms with E-state index in [4.69, 9.17) is 0 Å². The Morgan fingerprint density at radius 1 is 1.16 bits per heavy atom. The number of aryl methyl sites for hydroxylation is 2. The third-order valence-electron chi connectivity index (χ3n) is 6.21. The molecule has 2 aromatic heterocycles. The number of para-hydroxylation sites is 1. The molecule has 0 radical (unpaired) electrons. The minimum atomic E-state index is 0. The van der Waals surface area contributed by atoms with Gasteiger partial charge in [0.2, 0.25) is 0 Å². The molecule has 1 fully saturated rings. The fourth-order valence-electron chi connectivity index (χ4n) is 4.44. The molecule has 172 valence electrons. The van der Waals surface area contributed by atoms with Crippen molar-refractivity contribution < 1.29 is 0 Å². The van der Waals surface area contributed by atoms with Crippen molar-refractivity contribution in [3.8, 4) is 0 Å². The normalized spacial score (nSPS) is 15.0. The van der Waals surface area contributed by atoms with Crippen molar-refractivity contribution in [2.75, 3.05) is 31.6 Å². The van der Waals surface area contributed by atoms with Crippen molar-refractivity contribution in [2.24, 2.45) is 4.99 Å². The van der Waals surface area contributed by atoms with Gasteiger partial charge in [-0.15, -0.1) is 24.0 Å². The van der Waals surface area contributed by atoms with E-state index >= 15 is 0 Å². The average Bonchev–Trinajstić information content (AvgIpc) is 3.22. The van der Waals surface area contributed by atoms with E-state index < -0.39 is 0 Å². The predicted molar refractivity (Wildman–Crippen MR) is 146 cm³/mol. The number of hydrogen-bond acceptors (Lipinski definition) is 3. The van der Waals surface area contributed by atoms with Gasteiger partial charge in [-0.3, -0.25) is 4.99 Å². The van der Waals surface area contributed by atoms with Gasteiger partial charge < -0.3 is 20.5 Å². The third kappa shape index (κ3) is 5.74. The number of aliphatic imine (C=N–C) groups is 1. The van der Waals surface area contributed by atoms with Gasteiger partial charge in [-0.05, 0) is 55.9 Å². The number of hydrogen-bond donors (Lipinski definition) is 3. The molecule has 1 aliphatic heterocycles. The molecule has 0 saturated carbocycles. The van der Waals surface area contributed by atoms with Crippen molar-refractivity contribution in [1.82, 2.24) is 20.6 Å². The van der Waals surface area contributed by atoms with Gasteiger partial charge in [-0.25, -0.2) is 4.98 Å². The summed E-state index contributed by atoms with van der Waals surface area (Å²) in [6.45, 7) is 7.14. The van der Waals surface area contributed by atoms with Crippen molar-refractivity contribution >= 4 is 46.7 Å². The second kappa shape index (κ2) is 11.5. The van der Waals surface area contributed by atoms with Crippen LogP contribution in [0.4, 0.5) is 5.82 Å². The van der Waals surface area contributed by atoms with Gasteiger partial charge in [-0.1, -0.05) is 31.2 Å². The molecule has 1 aliphatic rings. The highest BCUT2D eigenvalue weighted by atomic mass is 127. The Bertz CT molecular complexity index is 1040. The number of pyridine rings is 1. The molecule has 0 spiro atoms. The number of fused-ring (bicyclic) bond motifs is 1. The van der Waals surface area contributed by atoms with E-state index in [1.165, 1.54) is 22.0 Å².